The summed E-state index contributed by atoms with van der Waals surface area (Å²) in [6.45, 7) is 4.95. The van der Waals surface area contributed by atoms with Gasteiger partial charge in [0, 0.05) is 18.7 Å². The average Bonchev–Trinajstić information content (AvgIpc) is 3.15. The number of carbonyl (C=O) groups is 1. The summed E-state index contributed by atoms with van der Waals surface area (Å²) in [6, 6.07) is 16.9. The molecule has 3 rings (SSSR count). The maximum absolute atomic E-state index is 12.6. The molecule has 0 aliphatic carbocycles. The molecule has 6 nitrogen and oxygen atoms in total. The van der Waals surface area contributed by atoms with E-state index in [2.05, 4.69) is 16.5 Å². The van der Waals surface area contributed by atoms with E-state index in [0.717, 1.165) is 11.3 Å². The van der Waals surface area contributed by atoms with Crippen molar-refractivity contribution in [3.05, 3.63) is 65.2 Å². The van der Waals surface area contributed by atoms with Crippen LogP contribution in [-0.4, -0.2) is 35.8 Å². The van der Waals surface area contributed by atoms with E-state index in [1.165, 1.54) is 5.56 Å². The zero-order valence-electron chi connectivity index (χ0n) is 15.5. The number of urea groups is 1. The summed E-state index contributed by atoms with van der Waals surface area (Å²) in [4.78, 5) is 19.8. The van der Waals surface area contributed by atoms with Crippen LogP contribution in [0.3, 0.4) is 0 Å². The van der Waals surface area contributed by atoms with E-state index in [4.69, 9.17) is 10.1 Å². The number of nitrogens with zero attached hydrogens (tertiary/aromatic N) is 3. The van der Waals surface area contributed by atoms with Gasteiger partial charge in [-0.3, -0.25) is 0 Å². The molecule has 6 heteroatoms. The summed E-state index contributed by atoms with van der Waals surface area (Å²) in [5.41, 5.74) is 4.25. The summed E-state index contributed by atoms with van der Waals surface area (Å²) in [7, 11) is 0. The van der Waals surface area contributed by atoms with Crippen molar-refractivity contribution in [2.75, 3.05) is 18.4 Å². The number of anilines is 1. The molecule has 0 fully saturated rings. The largest absolute Gasteiger partial charge is 0.390 e. The van der Waals surface area contributed by atoms with Gasteiger partial charge < -0.3 is 15.1 Å². The van der Waals surface area contributed by atoms with Gasteiger partial charge in [-0.25, -0.2) is 4.79 Å². The van der Waals surface area contributed by atoms with Crippen LogP contribution < -0.4 is 5.32 Å². The van der Waals surface area contributed by atoms with Crippen LogP contribution in [-0.2, 0) is 4.84 Å². The highest BCUT2D eigenvalue weighted by Crippen LogP contribution is 2.19. The Labute approximate surface area is 159 Å². The second-order valence-electron chi connectivity index (χ2n) is 6.50. The number of hydrogen-bond acceptors (Lipinski definition) is 4. The summed E-state index contributed by atoms with van der Waals surface area (Å²) in [5, 5.41) is 16.0. The van der Waals surface area contributed by atoms with E-state index >= 15 is 0 Å². The summed E-state index contributed by atoms with van der Waals surface area (Å²) >= 11 is 0. The third kappa shape index (κ3) is 4.64. The molecule has 1 N–H and O–H groups in total. The Bertz CT molecular complexity index is 884. The Morgan fingerprint density at radius 1 is 1.33 bits per heavy atom. The molecular weight excluding hydrogens is 340 g/mol. The third-order valence-electron chi connectivity index (χ3n) is 4.45. The van der Waals surface area contributed by atoms with Crippen molar-refractivity contribution in [3.8, 4) is 6.07 Å². The Balaban J connectivity index is 1.58. The maximum atomic E-state index is 12.6. The molecule has 0 saturated carbocycles. The summed E-state index contributed by atoms with van der Waals surface area (Å²) < 4.78 is 0. The first-order valence-electron chi connectivity index (χ1n) is 8.95. The molecule has 1 aliphatic rings. The Kier molecular flexibility index (Phi) is 5.72. The Hall–Kier alpha value is -3.33. The third-order valence-corrected chi connectivity index (χ3v) is 4.45. The molecule has 0 spiro atoms. The minimum Gasteiger partial charge on any atom is -0.390 e. The zero-order valence-corrected chi connectivity index (χ0v) is 15.5. The number of oxime groups is 1. The van der Waals surface area contributed by atoms with Crippen LogP contribution in [0, 0.1) is 18.3 Å². The van der Waals surface area contributed by atoms with Gasteiger partial charge in [0.05, 0.1) is 23.9 Å². The lowest BCUT2D eigenvalue weighted by molar-refractivity contribution is 0.0633. The van der Waals surface area contributed by atoms with Gasteiger partial charge in [-0.15, -0.1) is 0 Å². The normalized spacial score (nSPS) is 15.4. The quantitative estimate of drug-likeness (QED) is 0.876. The van der Waals surface area contributed by atoms with Crippen molar-refractivity contribution >= 4 is 17.4 Å². The molecule has 2 aromatic rings. The van der Waals surface area contributed by atoms with Crippen LogP contribution >= 0.6 is 0 Å². The SMILES string of the molecule is CCN(C[C@@H]1CC(c2ccc(C)cc2)=NO1)C(=O)Nc1cccc(C#N)c1. The van der Waals surface area contributed by atoms with Gasteiger partial charge in [0.2, 0.25) is 0 Å². The van der Waals surface area contributed by atoms with Crippen molar-refractivity contribution < 1.29 is 9.63 Å². The number of nitriles is 1. The molecule has 1 heterocycles. The molecular formula is C21H22N4O2. The first-order chi connectivity index (χ1) is 13.1. The van der Waals surface area contributed by atoms with Crippen LogP contribution in [0.2, 0.25) is 0 Å². The van der Waals surface area contributed by atoms with E-state index in [0.29, 0.717) is 30.8 Å². The topological polar surface area (TPSA) is 77.7 Å². The van der Waals surface area contributed by atoms with Crippen molar-refractivity contribution in [2.24, 2.45) is 5.16 Å². The van der Waals surface area contributed by atoms with Gasteiger partial charge in [-0.2, -0.15) is 5.26 Å². The van der Waals surface area contributed by atoms with E-state index in [1.54, 1.807) is 29.2 Å². The molecule has 0 bridgehead atoms. The number of amides is 2. The van der Waals surface area contributed by atoms with E-state index in [-0.39, 0.29) is 12.1 Å². The van der Waals surface area contributed by atoms with Gasteiger partial charge in [-0.05, 0) is 37.6 Å². The molecule has 2 aromatic carbocycles. The second kappa shape index (κ2) is 8.37. The molecule has 27 heavy (non-hydrogen) atoms. The highest BCUT2D eigenvalue weighted by atomic mass is 16.6. The molecule has 2 amide bonds. The number of aryl methyl sites for hydroxylation is 1. The lowest BCUT2D eigenvalue weighted by atomic mass is 10.0. The number of nitrogens with one attached hydrogen (secondary N) is 1. The van der Waals surface area contributed by atoms with E-state index < -0.39 is 0 Å². The molecule has 138 valence electrons. The monoisotopic (exact) mass is 362 g/mol. The van der Waals surface area contributed by atoms with Crippen LogP contribution in [0.25, 0.3) is 0 Å². The van der Waals surface area contributed by atoms with E-state index in [9.17, 15) is 4.79 Å². The Morgan fingerprint density at radius 3 is 2.81 bits per heavy atom. The first-order valence-corrected chi connectivity index (χ1v) is 8.95. The Morgan fingerprint density at radius 2 is 2.11 bits per heavy atom. The molecule has 0 unspecified atom stereocenters. The van der Waals surface area contributed by atoms with Crippen LogP contribution in [0.15, 0.2) is 53.7 Å². The minimum atomic E-state index is -0.222. The lowest BCUT2D eigenvalue weighted by Gasteiger charge is -2.23. The van der Waals surface area contributed by atoms with Crippen LogP contribution in [0.4, 0.5) is 10.5 Å². The van der Waals surface area contributed by atoms with Crippen LogP contribution in [0.1, 0.15) is 30.0 Å². The second-order valence-corrected chi connectivity index (χ2v) is 6.50. The van der Waals surface area contributed by atoms with Crippen molar-refractivity contribution in [2.45, 2.75) is 26.4 Å². The van der Waals surface area contributed by atoms with Crippen molar-refractivity contribution in [1.82, 2.24) is 4.90 Å². The van der Waals surface area contributed by atoms with E-state index in [1.807, 2.05) is 38.1 Å². The van der Waals surface area contributed by atoms with Gasteiger partial charge in [0.1, 0.15) is 0 Å². The fourth-order valence-electron chi connectivity index (χ4n) is 2.91. The van der Waals surface area contributed by atoms with Gasteiger partial charge in [0.25, 0.3) is 0 Å². The van der Waals surface area contributed by atoms with Gasteiger partial charge in [-0.1, -0.05) is 41.1 Å². The predicted octanol–water partition coefficient (Wildman–Crippen LogP) is 3.91. The molecule has 1 atom stereocenters. The number of rotatable bonds is 5. The molecule has 0 radical (unpaired) electrons. The summed E-state index contributed by atoms with van der Waals surface area (Å²) in [6.07, 6.45) is 0.494. The highest BCUT2D eigenvalue weighted by molar-refractivity contribution is 6.01. The molecule has 1 aliphatic heterocycles. The number of carbonyl (C=O) groups excluding carboxylic acids is 1. The van der Waals surface area contributed by atoms with Gasteiger partial charge >= 0.3 is 6.03 Å². The van der Waals surface area contributed by atoms with Crippen molar-refractivity contribution in [3.63, 3.8) is 0 Å². The van der Waals surface area contributed by atoms with Crippen LogP contribution in [0.5, 0.6) is 0 Å². The average molecular weight is 362 g/mol. The lowest BCUT2D eigenvalue weighted by Crippen LogP contribution is -2.40. The number of hydrogen-bond donors (Lipinski definition) is 1. The van der Waals surface area contributed by atoms with Crippen molar-refractivity contribution in [1.29, 1.82) is 5.26 Å². The predicted molar refractivity (Wildman–Crippen MR) is 105 cm³/mol. The standard InChI is InChI=1S/C21H22N4O2/c1-3-25(21(26)23-18-6-4-5-16(11-18)13-22)14-19-12-20(24-27-19)17-9-7-15(2)8-10-17/h4-11,19H,3,12,14H2,1-2H3,(H,23,26)/t19-/m0/s1. The number of benzene rings is 2. The van der Waals surface area contributed by atoms with Gasteiger partial charge in [0.15, 0.2) is 6.10 Å². The highest BCUT2D eigenvalue weighted by Gasteiger charge is 2.26. The minimum absolute atomic E-state index is 0.169. The zero-order chi connectivity index (χ0) is 19.2. The fourth-order valence-corrected chi connectivity index (χ4v) is 2.91. The maximum Gasteiger partial charge on any atom is 0.321 e. The smallest absolute Gasteiger partial charge is 0.321 e. The number of likely N-dealkylation sites (N-methyl/N-ethyl adjacent to an activating group) is 1. The summed E-state index contributed by atoms with van der Waals surface area (Å²) in [5.74, 6) is 0. The molecule has 0 aromatic heterocycles. The first kappa shape index (κ1) is 18.5. The molecule has 0 saturated heterocycles. The fraction of sp³-hybridized carbons (Fsp3) is 0.286.